The Bertz CT molecular complexity index is 545. The third-order valence-corrected chi connectivity index (χ3v) is 3.70. The van der Waals surface area contributed by atoms with E-state index in [4.69, 9.17) is 0 Å². The van der Waals surface area contributed by atoms with Crippen molar-refractivity contribution in [1.82, 2.24) is 10.9 Å². The molecule has 1 amide bonds. The SMILES string of the molecule is CCC1N[N]C(=NC(=O)c2ccccc2C(F)(F)F)S1. The summed E-state index contributed by atoms with van der Waals surface area (Å²) in [5, 5.41) is 0.151. The van der Waals surface area contributed by atoms with Gasteiger partial charge in [0.05, 0.1) is 16.5 Å². The summed E-state index contributed by atoms with van der Waals surface area (Å²) in [7, 11) is 0. The molecule has 1 atom stereocenters. The Balaban J connectivity index is 2.25. The molecule has 0 aliphatic carbocycles. The standard InChI is InChI=1S/C12H11F3N3OS/c1-2-9-17-18-11(20-9)16-10(19)7-5-3-4-6-8(7)12(13,14)15/h3-6,9,17H,2H2,1H3. The monoisotopic (exact) mass is 302 g/mol. The summed E-state index contributed by atoms with van der Waals surface area (Å²) in [5.74, 6) is -0.942. The first-order valence-corrected chi connectivity index (χ1v) is 6.72. The van der Waals surface area contributed by atoms with E-state index in [1.54, 1.807) is 0 Å². The minimum absolute atomic E-state index is 0.000546. The molecule has 0 saturated carbocycles. The first kappa shape index (κ1) is 14.9. The molecule has 1 aromatic rings. The average Bonchev–Trinajstić information content (AvgIpc) is 2.85. The van der Waals surface area contributed by atoms with Crippen molar-refractivity contribution in [1.29, 1.82) is 0 Å². The summed E-state index contributed by atoms with van der Waals surface area (Å²) < 4.78 is 38.4. The number of amidine groups is 1. The molecule has 1 saturated heterocycles. The molecule has 1 fully saturated rings. The lowest BCUT2D eigenvalue weighted by Crippen LogP contribution is -2.24. The zero-order chi connectivity index (χ0) is 14.8. The van der Waals surface area contributed by atoms with Crippen LogP contribution in [0.2, 0.25) is 0 Å². The Morgan fingerprint density at radius 2 is 2.15 bits per heavy atom. The maximum atomic E-state index is 12.8. The van der Waals surface area contributed by atoms with Gasteiger partial charge in [-0.05, 0) is 18.6 Å². The second-order valence-corrected chi connectivity index (χ2v) is 5.17. The fourth-order valence-electron chi connectivity index (χ4n) is 1.60. The zero-order valence-electron chi connectivity index (χ0n) is 10.4. The van der Waals surface area contributed by atoms with Gasteiger partial charge in [0, 0.05) is 0 Å². The third-order valence-electron chi connectivity index (χ3n) is 2.58. The molecule has 4 nitrogen and oxygen atoms in total. The quantitative estimate of drug-likeness (QED) is 0.914. The van der Waals surface area contributed by atoms with Gasteiger partial charge in [-0.1, -0.05) is 30.8 Å². The van der Waals surface area contributed by atoms with Crippen LogP contribution in [0, 0.1) is 0 Å². The minimum Gasteiger partial charge on any atom is -0.267 e. The summed E-state index contributed by atoms with van der Waals surface area (Å²) in [5.41, 5.74) is 5.09. The highest BCUT2D eigenvalue weighted by Gasteiger charge is 2.35. The Morgan fingerprint density at radius 1 is 1.45 bits per heavy atom. The van der Waals surface area contributed by atoms with Crippen molar-refractivity contribution < 1.29 is 18.0 Å². The van der Waals surface area contributed by atoms with E-state index in [1.807, 2.05) is 6.92 Å². The lowest BCUT2D eigenvalue weighted by Gasteiger charge is -2.09. The number of aliphatic imine (C=N–C) groups is 1. The molecule has 1 N–H and O–H groups in total. The van der Waals surface area contributed by atoms with Crippen LogP contribution in [-0.2, 0) is 6.18 Å². The largest absolute Gasteiger partial charge is 0.417 e. The Kier molecular flexibility index (Phi) is 4.34. The van der Waals surface area contributed by atoms with Gasteiger partial charge in [0.15, 0.2) is 0 Å². The van der Waals surface area contributed by atoms with Crippen molar-refractivity contribution >= 4 is 22.8 Å². The second-order valence-electron chi connectivity index (χ2n) is 4.00. The Labute approximate surface area is 117 Å². The summed E-state index contributed by atoms with van der Waals surface area (Å²) in [6.45, 7) is 1.92. The highest BCUT2D eigenvalue weighted by atomic mass is 32.2. The van der Waals surface area contributed by atoms with E-state index >= 15 is 0 Å². The van der Waals surface area contributed by atoms with Crippen LogP contribution < -0.4 is 10.9 Å². The van der Waals surface area contributed by atoms with E-state index in [-0.39, 0.29) is 10.5 Å². The molecular weight excluding hydrogens is 291 g/mol. The number of rotatable bonds is 2. The van der Waals surface area contributed by atoms with E-state index < -0.39 is 23.2 Å². The van der Waals surface area contributed by atoms with E-state index in [0.717, 1.165) is 18.6 Å². The van der Waals surface area contributed by atoms with E-state index in [1.165, 1.54) is 23.9 Å². The highest BCUT2D eigenvalue weighted by molar-refractivity contribution is 8.14. The van der Waals surface area contributed by atoms with Crippen molar-refractivity contribution in [3.63, 3.8) is 0 Å². The van der Waals surface area contributed by atoms with Gasteiger partial charge in [0.1, 0.15) is 0 Å². The Morgan fingerprint density at radius 3 is 2.75 bits per heavy atom. The number of nitrogens with one attached hydrogen (secondary N) is 1. The molecule has 1 unspecified atom stereocenters. The van der Waals surface area contributed by atoms with Gasteiger partial charge in [0.2, 0.25) is 5.17 Å². The zero-order valence-corrected chi connectivity index (χ0v) is 11.3. The topological polar surface area (TPSA) is 55.6 Å². The average molecular weight is 302 g/mol. The lowest BCUT2D eigenvalue weighted by atomic mass is 10.1. The van der Waals surface area contributed by atoms with Crippen LogP contribution in [0.5, 0.6) is 0 Å². The van der Waals surface area contributed by atoms with Gasteiger partial charge in [-0.15, -0.1) is 0 Å². The van der Waals surface area contributed by atoms with Gasteiger partial charge in [-0.2, -0.15) is 29.0 Å². The molecule has 20 heavy (non-hydrogen) atoms. The van der Waals surface area contributed by atoms with Crippen LogP contribution in [0.15, 0.2) is 29.3 Å². The predicted molar refractivity (Wildman–Crippen MR) is 70.1 cm³/mol. The molecule has 107 valence electrons. The number of hydrogen-bond acceptors (Lipinski definition) is 3. The molecule has 1 aliphatic heterocycles. The van der Waals surface area contributed by atoms with Crippen molar-refractivity contribution in [3.05, 3.63) is 35.4 Å². The van der Waals surface area contributed by atoms with Gasteiger partial charge in [0.25, 0.3) is 5.91 Å². The maximum absolute atomic E-state index is 12.8. The summed E-state index contributed by atoms with van der Waals surface area (Å²) in [6, 6.07) is 4.57. The van der Waals surface area contributed by atoms with Gasteiger partial charge < -0.3 is 0 Å². The number of alkyl halides is 3. The molecule has 1 aliphatic rings. The highest BCUT2D eigenvalue weighted by Crippen LogP contribution is 2.32. The number of amides is 1. The van der Waals surface area contributed by atoms with Crippen LogP contribution >= 0.6 is 11.8 Å². The fraction of sp³-hybridized carbons (Fsp3) is 0.333. The molecule has 1 radical (unpaired) electrons. The van der Waals surface area contributed by atoms with Crippen molar-refractivity contribution in [3.8, 4) is 0 Å². The van der Waals surface area contributed by atoms with Crippen molar-refractivity contribution in [2.45, 2.75) is 24.9 Å². The molecule has 1 aromatic carbocycles. The normalized spacial score (nSPS) is 21.0. The lowest BCUT2D eigenvalue weighted by molar-refractivity contribution is -0.137. The smallest absolute Gasteiger partial charge is 0.267 e. The van der Waals surface area contributed by atoms with Gasteiger partial charge >= 0.3 is 6.18 Å². The number of carbonyl (C=O) groups is 1. The maximum Gasteiger partial charge on any atom is 0.417 e. The van der Waals surface area contributed by atoms with Crippen LogP contribution in [0.25, 0.3) is 0 Å². The minimum atomic E-state index is -4.59. The summed E-state index contributed by atoms with van der Waals surface area (Å²) in [4.78, 5) is 15.5. The Hall–Kier alpha value is -1.54. The van der Waals surface area contributed by atoms with Crippen LogP contribution in [0.3, 0.4) is 0 Å². The van der Waals surface area contributed by atoms with E-state index in [0.29, 0.717) is 0 Å². The molecule has 0 bridgehead atoms. The van der Waals surface area contributed by atoms with Crippen molar-refractivity contribution in [2.75, 3.05) is 0 Å². The second kappa shape index (κ2) is 5.84. The summed E-state index contributed by atoms with van der Waals surface area (Å²) in [6.07, 6.45) is -3.82. The van der Waals surface area contributed by atoms with Crippen molar-refractivity contribution in [2.24, 2.45) is 4.99 Å². The fourth-order valence-corrected chi connectivity index (χ4v) is 2.36. The van der Waals surface area contributed by atoms with Gasteiger partial charge in [-0.25, -0.2) is 0 Å². The molecule has 8 heteroatoms. The number of thioether (sulfide) groups is 1. The molecule has 0 spiro atoms. The van der Waals surface area contributed by atoms with Crippen LogP contribution in [-0.4, -0.2) is 16.4 Å². The van der Waals surface area contributed by atoms with E-state index in [9.17, 15) is 18.0 Å². The summed E-state index contributed by atoms with van der Waals surface area (Å²) >= 11 is 1.22. The van der Waals surface area contributed by atoms with Gasteiger partial charge in [-0.3, -0.25) is 4.79 Å². The number of benzene rings is 1. The third kappa shape index (κ3) is 3.31. The number of carbonyl (C=O) groups excluding carboxylic acids is 1. The predicted octanol–water partition coefficient (Wildman–Crippen LogP) is 2.79. The van der Waals surface area contributed by atoms with E-state index in [2.05, 4.69) is 15.8 Å². The first-order chi connectivity index (χ1) is 9.41. The molecule has 1 heterocycles. The van der Waals surface area contributed by atoms with Crippen LogP contribution in [0.1, 0.15) is 29.3 Å². The number of nitrogens with zero attached hydrogens (tertiary/aromatic N) is 2. The molecular formula is C12H11F3N3OS. The number of hydrogen-bond donors (Lipinski definition) is 1. The van der Waals surface area contributed by atoms with Crippen LogP contribution in [0.4, 0.5) is 13.2 Å². The molecule has 2 rings (SSSR count). The first-order valence-electron chi connectivity index (χ1n) is 5.84. The molecule has 0 aromatic heterocycles. The number of halogens is 3.